The number of unbranched alkanes of at least 4 members (excludes halogenated alkanes) is 1. The molecule has 0 atom stereocenters. The second-order valence-corrected chi connectivity index (χ2v) is 8.17. The molecule has 0 bridgehead atoms. The Morgan fingerprint density at radius 1 is 0.935 bits per heavy atom. The van der Waals surface area contributed by atoms with Crippen molar-refractivity contribution < 1.29 is 4.79 Å². The molecule has 0 radical (unpaired) electrons. The Hall–Kier alpha value is -3.06. The molecule has 1 N–H and O–H groups in total. The van der Waals surface area contributed by atoms with Gasteiger partial charge in [0, 0.05) is 49.9 Å². The smallest absolute Gasteiger partial charge is 0.328 e. The molecule has 8 heteroatoms. The van der Waals surface area contributed by atoms with E-state index in [1.165, 1.54) is 4.57 Å². The maximum atomic E-state index is 12.6. The number of nitrogens with zero attached hydrogens (tertiary/aromatic N) is 3. The number of rotatable bonds is 6. The highest BCUT2D eigenvalue weighted by Crippen LogP contribution is 2.19. The molecule has 0 unspecified atom stereocenters. The summed E-state index contributed by atoms with van der Waals surface area (Å²) in [4.78, 5) is 44.2. The van der Waals surface area contributed by atoms with Crippen LogP contribution in [0.5, 0.6) is 0 Å². The number of aromatic nitrogens is 2. The van der Waals surface area contributed by atoms with Crippen LogP contribution < -0.4 is 16.1 Å². The second-order valence-electron chi connectivity index (χ2n) is 7.73. The Morgan fingerprint density at radius 3 is 2.39 bits per heavy atom. The molecule has 1 saturated heterocycles. The minimum Gasteiger partial charge on any atom is -0.368 e. The number of hydrogen-bond donors (Lipinski definition) is 1. The third-order valence-corrected chi connectivity index (χ3v) is 5.99. The van der Waals surface area contributed by atoms with Crippen molar-refractivity contribution in [3.63, 3.8) is 0 Å². The molecule has 1 fully saturated rings. The number of carbonyl (C=O) groups excluding carboxylic acids is 1. The minimum atomic E-state index is -0.409. The molecule has 4 rings (SSSR count). The van der Waals surface area contributed by atoms with Gasteiger partial charge in [-0.05, 0) is 49.2 Å². The Balaban J connectivity index is 1.26. The van der Waals surface area contributed by atoms with E-state index in [0.29, 0.717) is 54.8 Å². The molecule has 2 aromatic carbocycles. The zero-order chi connectivity index (χ0) is 21.8. The van der Waals surface area contributed by atoms with E-state index in [4.69, 9.17) is 11.6 Å². The van der Waals surface area contributed by atoms with Gasteiger partial charge in [-0.15, -0.1) is 0 Å². The topological polar surface area (TPSA) is 78.4 Å². The van der Waals surface area contributed by atoms with Gasteiger partial charge in [-0.3, -0.25) is 14.2 Å². The van der Waals surface area contributed by atoms with Crippen LogP contribution in [0, 0.1) is 0 Å². The molecule has 1 aliphatic heterocycles. The molecular weight excluding hydrogens is 416 g/mol. The Labute approximate surface area is 184 Å². The van der Waals surface area contributed by atoms with Gasteiger partial charge in [-0.1, -0.05) is 23.7 Å². The van der Waals surface area contributed by atoms with Crippen molar-refractivity contribution >= 4 is 34.1 Å². The van der Waals surface area contributed by atoms with Gasteiger partial charge in [0.05, 0.1) is 10.9 Å². The molecule has 1 aliphatic rings. The Morgan fingerprint density at radius 2 is 1.65 bits per heavy atom. The second kappa shape index (κ2) is 9.39. The molecule has 2 heterocycles. The number of fused-ring (bicyclic) bond motifs is 1. The number of H-pyrrole nitrogens is 1. The van der Waals surface area contributed by atoms with E-state index >= 15 is 0 Å². The first-order chi connectivity index (χ1) is 15.0. The van der Waals surface area contributed by atoms with Crippen molar-refractivity contribution in [2.45, 2.75) is 25.8 Å². The molecule has 1 aromatic heterocycles. The Bertz CT molecular complexity index is 1180. The molecule has 0 spiro atoms. The van der Waals surface area contributed by atoms with Crippen LogP contribution in [0.4, 0.5) is 5.69 Å². The SMILES string of the molecule is O=C(CCCCn1c(=O)[nH]c2ccccc2c1=O)N1CCN(c2ccc(Cl)cc2)CC1. The number of nitrogens with one attached hydrogen (secondary N) is 1. The fourth-order valence-corrected chi connectivity index (χ4v) is 4.10. The maximum absolute atomic E-state index is 12.6. The highest BCUT2D eigenvalue weighted by atomic mass is 35.5. The molecule has 7 nitrogen and oxygen atoms in total. The molecule has 3 aromatic rings. The minimum absolute atomic E-state index is 0.121. The summed E-state index contributed by atoms with van der Waals surface area (Å²) < 4.78 is 1.22. The standard InChI is InChI=1S/C23H25ClN4O3/c24-17-8-10-18(11-9-17)26-13-15-27(16-14-26)21(29)7-3-4-12-28-22(30)19-5-1-2-6-20(19)25-23(28)31/h1-2,5-6,8-11H,3-4,7,12-16H2,(H,25,31). The van der Waals surface area contributed by atoms with Gasteiger partial charge >= 0.3 is 5.69 Å². The maximum Gasteiger partial charge on any atom is 0.328 e. The predicted octanol–water partition coefficient (Wildman–Crippen LogP) is 2.86. The molecule has 31 heavy (non-hydrogen) atoms. The number of hydrogen-bond acceptors (Lipinski definition) is 4. The lowest BCUT2D eigenvalue weighted by atomic mass is 10.2. The number of piperazine rings is 1. The third-order valence-electron chi connectivity index (χ3n) is 5.74. The number of carbonyl (C=O) groups is 1. The summed E-state index contributed by atoms with van der Waals surface area (Å²) in [5.74, 6) is 0.121. The largest absolute Gasteiger partial charge is 0.368 e. The zero-order valence-corrected chi connectivity index (χ0v) is 18.0. The highest BCUT2D eigenvalue weighted by Gasteiger charge is 2.21. The fourth-order valence-electron chi connectivity index (χ4n) is 3.97. The van der Waals surface area contributed by atoms with Crippen molar-refractivity contribution in [3.05, 3.63) is 74.4 Å². The van der Waals surface area contributed by atoms with Crippen LogP contribution in [0.2, 0.25) is 5.02 Å². The van der Waals surface area contributed by atoms with Gasteiger partial charge in [-0.25, -0.2) is 4.79 Å². The zero-order valence-electron chi connectivity index (χ0n) is 17.2. The first kappa shape index (κ1) is 21.2. The number of benzene rings is 2. The lowest BCUT2D eigenvalue weighted by molar-refractivity contribution is -0.131. The normalized spacial score (nSPS) is 14.2. The van der Waals surface area contributed by atoms with Gasteiger partial charge in [0.25, 0.3) is 5.56 Å². The van der Waals surface area contributed by atoms with Crippen molar-refractivity contribution in [2.75, 3.05) is 31.1 Å². The third kappa shape index (κ3) is 4.82. The number of amides is 1. The summed E-state index contributed by atoms with van der Waals surface area (Å²) in [6, 6.07) is 14.7. The first-order valence-corrected chi connectivity index (χ1v) is 10.9. The van der Waals surface area contributed by atoms with Gasteiger partial charge in [0.2, 0.25) is 5.91 Å². The van der Waals surface area contributed by atoms with Crippen molar-refractivity contribution in [2.24, 2.45) is 0 Å². The number of para-hydroxylation sites is 1. The molecule has 1 amide bonds. The molecular formula is C23H25ClN4O3. The lowest BCUT2D eigenvalue weighted by Crippen LogP contribution is -2.48. The van der Waals surface area contributed by atoms with Crippen molar-refractivity contribution in [1.29, 1.82) is 0 Å². The van der Waals surface area contributed by atoms with Crippen molar-refractivity contribution in [3.8, 4) is 0 Å². The predicted molar refractivity (Wildman–Crippen MR) is 123 cm³/mol. The summed E-state index contributed by atoms with van der Waals surface area (Å²) in [5, 5.41) is 1.21. The molecule has 0 saturated carbocycles. The summed E-state index contributed by atoms with van der Waals surface area (Å²) in [7, 11) is 0. The average Bonchev–Trinajstić information content (AvgIpc) is 2.79. The number of anilines is 1. The van der Waals surface area contributed by atoms with Crippen LogP contribution in [-0.2, 0) is 11.3 Å². The van der Waals surface area contributed by atoms with Gasteiger partial charge in [0.1, 0.15) is 0 Å². The number of aromatic amines is 1. The molecule has 0 aliphatic carbocycles. The highest BCUT2D eigenvalue weighted by molar-refractivity contribution is 6.30. The fraction of sp³-hybridized carbons (Fsp3) is 0.348. The first-order valence-electron chi connectivity index (χ1n) is 10.5. The van der Waals surface area contributed by atoms with Crippen LogP contribution in [0.25, 0.3) is 10.9 Å². The van der Waals surface area contributed by atoms with Crippen molar-refractivity contribution in [1.82, 2.24) is 14.5 Å². The van der Waals surface area contributed by atoms with E-state index in [1.54, 1.807) is 24.3 Å². The van der Waals surface area contributed by atoms with Crippen LogP contribution in [0.15, 0.2) is 58.1 Å². The van der Waals surface area contributed by atoms with Crippen LogP contribution in [0.1, 0.15) is 19.3 Å². The van der Waals surface area contributed by atoms with Crippen LogP contribution in [0.3, 0.4) is 0 Å². The van der Waals surface area contributed by atoms with E-state index in [2.05, 4.69) is 9.88 Å². The monoisotopic (exact) mass is 440 g/mol. The Kier molecular flexibility index (Phi) is 6.42. The van der Waals surface area contributed by atoms with E-state index < -0.39 is 5.69 Å². The summed E-state index contributed by atoms with van der Waals surface area (Å²) >= 11 is 5.95. The van der Waals surface area contributed by atoms with Gasteiger partial charge < -0.3 is 14.8 Å². The average molecular weight is 441 g/mol. The number of halogens is 1. The summed E-state index contributed by atoms with van der Waals surface area (Å²) in [6.45, 7) is 3.25. The van der Waals surface area contributed by atoms with Crippen LogP contribution in [-0.4, -0.2) is 46.5 Å². The molecule has 162 valence electrons. The van der Waals surface area contributed by atoms with E-state index in [0.717, 1.165) is 18.8 Å². The summed E-state index contributed by atoms with van der Waals surface area (Å²) in [5.41, 5.74) is 0.960. The quantitative estimate of drug-likeness (QED) is 0.598. The van der Waals surface area contributed by atoms with E-state index in [1.807, 2.05) is 29.2 Å². The lowest BCUT2D eigenvalue weighted by Gasteiger charge is -2.36. The van der Waals surface area contributed by atoms with Crippen LogP contribution >= 0.6 is 11.6 Å². The summed E-state index contributed by atoms with van der Waals surface area (Å²) in [6.07, 6.45) is 1.65. The van der Waals surface area contributed by atoms with Gasteiger partial charge in [0.15, 0.2) is 0 Å². The van der Waals surface area contributed by atoms with E-state index in [-0.39, 0.29) is 11.5 Å². The van der Waals surface area contributed by atoms with E-state index in [9.17, 15) is 14.4 Å². The van der Waals surface area contributed by atoms with Gasteiger partial charge in [-0.2, -0.15) is 0 Å².